The van der Waals surface area contributed by atoms with E-state index in [-0.39, 0.29) is 5.56 Å². The SMILES string of the molecule is Cc1ccc(C(=O)N(CC(N)=O)CC(=O)O)c(=O)[nH]1. The summed E-state index contributed by atoms with van der Waals surface area (Å²) in [5.41, 5.74) is 4.60. The molecule has 19 heavy (non-hydrogen) atoms. The number of hydrogen-bond acceptors (Lipinski definition) is 4. The molecule has 0 fully saturated rings. The molecule has 0 spiro atoms. The Hall–Kier alpha value is -2.64. The number of nitrogens with zero attached hydrogens (tertiary/aromatic N) is 1. The molecule has 1 rings (SSSR count). The lowest BCUT2D eigenvalue weighted by Gasteiger charge is -2.18. The van der Waals surface area contributed by atoms with Crippen molar-refractivity contribution in [2.45, 2.75) is 6.92 Å². The highest BCUT2D eigenvalue weighted by Crippen LogP contribution is 2.00. The minimum Gasteiger partial charge on any atom is -0.480 e. The van der Waals surface area contributed by atoms with Crippen molar-refractivity contribution < 1.29 is 19.5 Å². The molecule has 0 aliphatic carbocycles. The first-order chi connectivity index (χ1) is 8.81. The maximum atomic E-state index is 12.0. The number of hydrogen-bond donors (Lipinski definition) is 3. The summed E-state index contributed by atoms with van der Waals surface area (Å²) in [6.45, 7) is 0.349. The quantitative estimate of drug-likeness (QED) is 0.609. The molecular weight excluding hydrogens is 254 g/mol. The van der Waals surface area contributed by atoms with Crippen LogP contribution in [0.2, 0.25) is 0 Å². The second-order valence-electron chi connectivity index (χ2n) is 3.91. The first-order valence-corrected chi connectivity index (χ1v) is 5.30. The summed E-state index contributed by atoms with van der Waals surface area (Å²) in [6, 6.07) is 2.77. The number of aliphatic carboxylic acids is 1. The molecule has 0 unspecified atom stereocenters. The number of pyridine rings is 1. The van der Waals surface area contributed by atoms with Crippen LogP contribution in [0.1, 0.15) is 16.1 Å². The molecule has 4 N–H and O–H groups in total. The van der Waals surface area contributed by atoms with E-state index in [1.807, 2.05) is 0 Å². The van der Waals surface area contributed by atoms with Gasteiger partial charge in [-0.25, -0.2) is 0 Å². The predicted octanol–water partition coefficient (Wildman–Crippen LogP) is -1.30. The second-order valence-corrected chi connectivity index (χ2v) is 3.91. The summed E-state index contributed by atoms with van der Waals surface area (Å²) in [5, 5.41) is 8.67. The van der Waals surface area contributed by atoms with Gasteiger partial charge in [0.2, 0.25) is 5.91 Å². The molecule has 2 amide bonds. The lowest BCUT2D eigenvalue weighted by atomic mass is 10.2. The van der Waals surface area contributed by atoms with E-state index in [4.69, 9.17) is 10.8 Å². The minimum atomic E-state index is -1.31. The van der Waals surface area contributed by atoms with Crippen LogP contribution in [0, 0.1) is 6.92 Å². The van der Waals surface area contributed by atoms with Crippen molar-refractivity contribution in [1.29, 1.82) is 0 Å². The van der Waals surface area contributed by atoms with Crippen LogP contribution in [0.25, 0.3) is 0 Å². The number of carboxylic acids is 1. The van der Waals surface area contributed by atoms with Crippen molar-refractivity contribution in [1.82, 2.24) is 9.88 Å². The number of carbonyl (C=O) groups excluding carboxylic acids is 2. The maximum absolute atomic E-state index is 12.0. The van der Waals surface area contributed by atoms with Crippen LogP contribution in [0.3, 0.4) is 0 Å². The molecule has 102 valence electrons. The second kappa shape index (κ2) is 5.80. The minimum absolute atomic E-state index is 0.242. The highest BCUT2D eigenvalue weighted by molar-refractivity contribution is 5.97. The summed E-state index contributed by atoms with van der Waals surface area (Å²) < 4.78 is 0. The normalized spacial score (nSPS) is 9.95. The molecule has 0 aromatic carbocycles. The van der Waals surface area contributed by atoms with Crippen LogP contribution in [0.4, 0.5) is 0 Å². The van der Waals surface area contributed by atoms with Gasteiger partial charge in [-0.3, -0.25) is 19.2 Å². The molecule has 0 radical (unpaired) electrons. The zero-order chi connectivity index (χ0) is 14.6. The Morgan fingerprint density at radius 3 is 2.42 bits per heavy atom. The molecule has 8 nitrogen and oxygen atoms in total. The Balaban J connectivity index is 3.07. The lowest BCUT2D eigenvalue weighted by molar-refractivity contribution is -0.138. The number of amides is 2. The number of aromatic nitrogens is 1. The number of carboxylic acid groups (broad SMARTS) is 1. The van der Waals surface area contributed by atoms with Crippen molar-refractivity contribution in [3.05, 3.63) is 33.7 Å². The van der Waals surface area contributed by atoms with Crippen LogP contribution in [-0.2, 0) is 9.59 Å². The zero-order valence-electron chi connectivity index (χ0n) is 10.2. The molecule has 1 heterocycles. The molecule has 0 atom stereocenters. The van der Waals surface area contributed by atoms with E-state index < -0.39 is 36.4 Å². The number of aryl methyl sites for hydroxylation is 1. The van der Waals surface area contributed by atoms with Crippen LogP contribution in [0.5, 0.6) is 0 Å². The van der Waals surface area contributed by atoms with Crippen molar-refractivity contribution in [2.75, 3.05) is 13.1 Å². The van der Waals surface area contributed by atoms with Gasteiger partial charge in [-0.2, -0.15) is 0 Å². The molecule has 0 aliphatic rings. The Bertz CT molecular complexity index is 562. The number of H-pyrrole nitrogens is 1. The number of nitrogens with two attached hydrogens (primary N) is 1. The van der Waals surface area contributed by atoms with Gasteiger partial charge in [-0.15, -0.1) is 0 Å². The van der Waals surface area contributed by atoms with Gasteiger partial charge in [-0.1, -0.05) is 0 Å². The van der Waals surface area contributed by atoms with E-state index in [1.54, 1.807) is 6.92 Å². The fraction of sp³-hybridized carbons (Fsp3) is 0.273. The third-order valence-electron chi connectivity index (χ3n) is 2.25. The van der Waals surface area contributed by atoms with Gasteiger partial charge < -0.3 is 20.7 Å². The smallest absolute Gasteiger partial charge is 0.323 e. The molecule has 0 saturated carbocycles. The Kier molecular flexibility index (Phi) is 4.41. The molecule has 0 bridgehead atoms. The highest BCUT2D eigenvalue weighted by atomic mass is 16.4. The van der Waals surface area contributed by atoms with Crippen molar-refractivity contribution in [3.63, 3.8) is 0 Å². The summed E-state index contributed by atoms with van der Waals surface area (Å²) in [7, 11) is 0. The third kappa shape index (κ3) is 3.95. The van der Waals surface area contributed by atoms with Gasteiger partial charge in [0, 0.05) is 5.69 Å². The topological polar surface area (TPSA) is 134 Å². The Morgan fingerprint density at radius 1 is 1.32 bits per heavy atom. The summed E-state index contributed by atoms with van der Waals surface area (Å²) in [6.07, 6.45) is 0. The maximum Gasteiger partial charge on any atom is 0.323 e. The van der Waals surface area contributed by atoms with Crippen LogP contribution < -0.4 is 11.3 Å². The molecule has 1 aromatic heterocycles. The van der Waals surface area contributed by atoms with Gasteiger partial charge in [-0.05, 0) is 19.1 Å². The fourth-order valence-corrected chi connectivity index (χ4v) is 1.46. The van der Waals surface area contributed by atoms with E-state index in [2.05, 4.69) is 4.98 Å². The van der Waals surface area contributed by atoms with E-state index in [0.717, 1.165) is 0 Å². The van der Waals surface area contributed by atoms with Gasteiger partial charge in [0.05, 0.1) is 0 Å². The van der Waals surface area contributed by atoms with Crippen LogP contribution in [0.15, 0.2) is 16.9 Å². The monoisotopic (exact) mass is 267 g/mol. The zero-order valence-corrected chi connectivity index (χ0v) is 10.2. The molecule has 1 aromatic rings. The first kappa shape index (κ1) is 14.4. The largest absolute Gasteiger partial charge is 0.480 e. The number of aromatic amines is 1. The molecule has 8 heteroatoms. The highest BCUT2D eigenvalue weighted by Gasteiger charge is 2.22. The summed E-state index contributed by atoms with van der Waals surface area (Å²) in [4.78, 5) is 48.1. The predicted molar refractivity (Wildman–Crippen MR) is 64.5 cm³/mol. The van der Waals surface area contributed by atoms with E-state index in [9.17, 15) is 19.2 Å². The van der Waals surface area contributed by atoms with Crippen LogP contribution in [-0.4, -0.2) is 45.9 Å². The number of rotatable bonds is 5. The average Bonchev–Trinajstić information content (AvgIpc) is 2.26. The van der Waals surface area contributed by atoms with E-state index in [1.165, 1.54) is 12.1 Å². The standard InChI is InChI=1S/C11H13N3O5/c1-6-2-3-7(10(18)13-6)11(19)14(4-8(12)15)5-9(16)17/h2-3H,4-5H2,1H3,(H2,12,15)(H,13,18)(H,16,17). The molecule has 0 aliphatic heterocycles. The number of carbonyl (C=O) groups is 3. The van der Waals surface area contributed by atoms with Gasteiger partial charge >= 0.3 is 5.97 Å². The fourth-order valence-electron chi connectivity index (χ4n) is 1.46. The van der Waals surface area contributed by atoms with Gasteiger partial charge in [0.15, 0.2) is 0 Å². The van der Waals surface area contributed by atoms with Gasteiger partial charge in [0.1, 0.15) is 18.7 Å². The number of nitrogens with one attached hydrogen (secondary N) is 1. The van der Waals surface area contributed by atoms with Crippen molar-refractivity contribution in [2.24, 2.45) is 5.73 Å². The summed E-state index contributed by atoms with van der Waals surface area (Å²) >= 11 is 0. The van der Waals surface area contributed by atoms with Crippen molar-refractivity contribution in [3.8, 4) is 0 Å². The third-order valence-corrected chi connectivity index (χ3v) is 2.25. The average molecular weight is 267 g/mol. The Morgan fingerprint density at radius 2 is 1.95 bits per heavy atom. The van der Waals surface area contributed by atoms with E-state index >= 15 is 0 Å². The number of primary amides is 1. The van der Waals surface area contributed by atoms with Crippen molar-refractivity contribution >= 4 is 17.8 Å². The van der Waals surface area contributed by atoms with E-state index in [0.29, 0.717) is 10.6 Å². The molecular formula is C11H13N3O5. The Labute approximate surface area is 107 Å². The van der Waals surface area contributed by atoms with Gasteiger partial charge in [0.25, 0.3) is 11.5 Å². The molecule has 0 saturated heterocycles. The lowest BCUT2D eigenvalue weighted by Crippen LogP contribution is -2.43. The first-order valence-electron chi connectivity index (χ1n) is 5.30. The van der Waals surface area contributed by atoms with Crippen LogP contribution >= 0.6 is 0 Å². The summed E-state index contributed by atoms with van der Waals surface area (Å²) in [5.74, 6) is -3.03.